The smallest absolute Gasteiger partial charge is 0.128 e. The van der Waals surface area contributed by atoms with Crippen LogP contribution in [0.5, 0.6) is 0 Å². The molecule has 60 valence electrons. The van der Waals surface area contributed by atoms with Crippen molar-refractivity contribution in [2.24, 2.45) is 0 Å². The molecule has 4 heteroatoms. The molecule has 1 aromatic carbocycles. The predicted molar refractivity (Wildman–Crippen MR) is 51.5 cm³/mol. The molecule has 0 aliphatic heterocycles. The Kier molecular flexibility index (Phi) is 2.95. The molecule has 0 aliphatic rings. The second kappa shape index (κ2) is 3.42. The highest BCUT2D eigenvalue weighted by Crippen LogP contribution is 2.34. The topological polar surface area (TPSA) is 0 Å². The van der Waals surface area contributed by atoms with Crippen LogP contribution < -0.4 is 0 Å². The van der Waals surface area contributed by atoms with Gasteiger partial charge in [-0.15, -0.1) is 0 Å². The number of hydrogen-bond donors (Lipinski definition) is 0. The van der Waals surface area contributed by atoms with Crippen LogP contribution in [-0.4, -0.2) is 0 Å². The maximum atomic E-state index is 12.9. The van der Waals surface area contributed by atoms with Gasteiger partial charge in [0.25, 0.3) is 0 Å². The summed E-state index contributed by atoms with van der Waals surface area (Å²) in [7, 11) is 0. The second-order valence-corrected chi connectivity index (χ2v) is 4.12. The Hall–Kier alpha value is 0.400. The Morgan fingerprint density at radius 2 is 2.00 bits per heavy atom. The number of benzene rings is 1. The highest BCUT2D eigenvalue weighted by Gasteiger charge is 2.09. The molecule has 0 atom stereocenters. The molecule has 0 N–H and O–H groups in total. The molecule has 0 saturated carbocycles. The summed E-state index contributed by atoms with van der Waals surface area (Å²) < 4.78 is 14.1. The fourth-order valence-electron chi connectivity index (χ4n) is 0.657. The normalized spacial score (nSPS) is 10.3. The Balaban J connectivity index is 3.46. The first-order valence-corrected chi connectivity index (χ1v) is 4.80. The summed E-state index contributed by atoms with van der Waals surface area (Å²) in [6.45, 7) is 1.66. The molecule has 0 amide bonds. The molecule has 0 unspecified atom stereocenters. The number of hydrogen-bond acceptors (Lipinski definition) is 0. The summed E-state index contributed by atoms with van der Waals surface area (Å²) >= 11 is 12.1. The fraction of sp³-hybridized carbons (Fsp3) is 0.143. The van der Waals surface area contributed by atoms with Gasteiger partial charge in [0.05, 0.1) is 5.02 Å². The molecule has 0 radical (unpaired) electrons. The molecule has 11 heavy (non-hydrogen) atoms. The quantitative estimate of drug-likeness (QED) is 0.495. The lowest BCUT2D eigenvalue weighted by atomic mass is 10.2. The molecular weight excluding hydrogens is 298 g/mol. The van der Waals surface area contributed by atoms with Gasteiger partial charge in [-0.2, -0.15) is 0 Å². The van der Waals surface area contributed by atoms with Gasteiger partial charge in [-0.3, -0.25) is 0 Å². The van der Waals surface area contributed by atoms with Crippen LogP contribution in [0.3, 0.4) is 0 Å². The zero-order chi connectivity index (χ0) is 8.59. The molecule has 0 heterocycles. The molecule has 0 fully saturated rings. The van der Waals surface area contributed by atoms with Crippen LogP contribution >= 0.6 is 43.5 Å². The maximum Gasteiger partial charge on any atom is 0.128 e. The van der Waals surface area contributed by atoms with Gasteiger partial charge < -0.3 is 0 Å². The Labute approximate surface area is 86.0 Å². The highest BCUT2D eigenvalue weighted by atomic mass is 79.9. The molecule has 0 bridgehead atoms. The summed E-state index contributed by atoms with van der Waals surface area (Å²) in [4.78, 5) is 0. The first-order chi connectivity index (χ1) is 5.04. The zero-order valence-corrected chi connectivity index (χ0v) is 9.52. The average molecular weight is 302 g/mol. The minimum Gasteiger partial charge on any atom is -0.207 e. The molecule has 1 rings (SSSR count). The minimum atomic E-state index is -0.270. The predicted octanol–water partition coefficient (Wildman–Crippen LogP) is 4.31. The second-order valence-electron chi connectivity index (χ2n) is 2.09. The monoisotopic (exact) mass is 300 g/mol. The van der Waals surface area contributed by atoms with Crippen molar-refractivity contribution in [3.63, 3.8) is 0 Å². The van der Waals surface area contributed by atoms with Gasteiger partial charge in [-0.25, -0.2) is 4.39 Å². The third-order valence-corrected chi connectivity index (χ3v) is 3.81. The van der Waals surface area contributed by atoms with E-state index in [-0.39, 0.29) is 5.82 Å². The Morgan fingerprint density at radius 3 is 2.55 bits per heavy atom. The summed E-state index contributed by atoms with van der Waals surface area (Å²) in [5, 5.41) is 0.504. The van der Waals surface area contributed by atoms with Crippen LogP contribution in [0.4, 0.5) is 4.39 Å². The molecule has 0 spiro atoms. The van der Waals surface area contributed by atoms with Crippen LogP contribution in [-0.2, 0) is 0 Å². The molecule has 0 aliphatic carbocycles. The van der Waals surface area contributed by atoms with Crippen LogP contribution in [0.15, 0.2) is 15.0 Å². The van der Waals surface area contributed by atoms with E-state index in [1.54, 1.807) is 6.92 Å². The van der Waals surface area contributed by atoms with Crippen LogP contribution in [0, 0.1) is 12.7 Å². The molecule has 0 nitrogen and oxygen atoms in total. The average Bonchev–Trinajstić information content (AvgIpc) is 1.97. The van der Waals surface area contributed by atoms with Gasteiger partial charge in [0, 0.05) is 14.5 Å². The van der Waals surface area contributed by atoms with Gasteiger partial charge >= 0.3 is 0 Å². The first-order valence-electron chi connectivity index (χ1n) is 2.83. The zero-order valence-electron chi connectivity index (χ0n) is 5.59. The summed E-state index contributed by atoms with van der Waals surface area (Å²) in [5.74, 6) is -0.270. The SMILES string of the molecule is Cc1c(F)cc(Br)c(Cl)c1Br. The minimum absolute atomic E-state index is 0.270. The van der Waals surface area contributed by atoms with Gasteiger partial charge in [-0.05, 0) is 44.8 Å². The summed E-state index contributed by atoms with van der Waals surface area (Å²) in [6.07, 6.45) is 0. The van der Waals surface area contributed by atoms with Crippen molar-refractivity contribution in [1.82, 2.24) is 0 Å². The van der Waals surface area contributed by atoms with Crippen LogP contribution in [0.1, 0.15) is 5.56 Å². The molecule has 0 aromatic heterocycles. The third kappa shape index (κ3) is 1.76. The Morgan fingerprint density at radius 1 is 1.45 bits per heavy atom. The van der Waals surface area contributed by atoms with E-state index in [2.05, 4.69) is 31.9 Å². The van der Waals surface area contributed by atoms with Crippen molar-refractivity contribution < 1.29 is 4.39 Å². The van der Waals surface area contributed by atoms with E-state index >= 15 is 0 Å². The van der Waals surface area contributed by atoms with Gasteiger partial charge in [0.2, 0.25) is 0 Å². The lowest BCUT2D eigenvalue weighted by Gasteiger charge is -2.03. The highest BCUT2D eigenvalue weighted by molar-refractivity contribution is 9.11. The van der Waals surface area contributed by atoms with Gasteiger partial charge in [0.1, 0.15) is 5.82 Å². The molecular formula is C7H4Br2ClF. The van der Waals surface area contributed by atoms with E-state index in [1.807, 2.05) is 0 Å². The standard InChI is InChI=1S/C7H4Br2ClF/c1-3-5(11)2-4(8)7(10)6(3)9/h2H,1H3. The first kappa shape index (κ1) is 9.49. The van der Waals surface area contributed by atoms with Gasteiger partial charge in [0.15, 0.2) is 0 Å². The van der Waals surface area contributed by atoms with E-state index in [4.69, 9.17) is 11.6 Å². The summed E-state index contributed by atoms with van der Waals surface area (Å²) in [5.41, 5.74) is 0.526. The summed E-state index contributed by atoms with van der Waals surface area (Å²) in [6, 6.07) is 1.35. The largest absolute Gasteiger partial charge is 0.207 e. The van der Waals surface area contributed by atoms with Crippen molar-refractivity contribution in [3.8, 4) is 0 Å². The Bertz CT molecular complexity index is 273. The molecule has 0 saturated heterocycles. The van der Waals surface area contributed by atoms with E-state index in [0.29, 0.717) is 19.5 Å². The van der Waals surface area contributed by atoms with Gasteiger partial charge in [-0.1, -0.05) is 11.6 Å². The van der Waals surface area contributed by atoms with E-state index in [1.165, 1.54) is 6.07 Å². The van der Waals surface area contributed by atoms with Crippen molar-refractivity contribution >= 4 is 43.5 Å². The van der Waals surface area contributed by atoms with Crippen molar-refractivity contribution in [2.75, 3.05) is 0 Å². The van der Waals surface area contributed by atoms with Crippen molar-refractivity contribution in [3.05, 3.63) is 31.4 Å². The van der Waals surface area contributed by atoms with E-state index in [0.717, 1.165) is 0 Å². The van der Waals surface area contributed by atoms with Crippen molar-refractivity contribution in [2.45, 2.75) is 6.92 Å². The van der Waals surface area contributed by atoms with E-state index in [9.17, 15) is 4.39 Å². The lowest BCUT2D eigenvalue weighted by molar-refractivity contribution is 0.616. The molecule has 1 aromatic rings. The van der Waals surface area contributed by atoms with Crippen molar-refractivity contribution in [1.29, 1.82) is 0 Å². The van der Waals surface area contributed by atoms with Crippen LogP contribution in [0.25, 0.3) is 0 Å². The third-order valence-electron chi connectivity index (χ3n) is 1.34. The van der Waals surface area contributed by atoms with E-state index < -0.39 is 0 Å². The van der Waals surface area contributed by atoms with Crippen LogP contribution in [0.2, 0.25) is 5.02 Å². The fourth-order valence-corrected chi connectivity index (χ4v) is 1.92. The number of halogens is 4. The maximum absolute atomic E-state index is 12.9. The lowest BCUT2D eigenvalue weighted by Crippen LogP contribution is -1.85. The number of rotatable bonds is 0.